The second-order valence-corrected chi connectivity index (χ2v) is 18.3. The van der Waals surface area contributed by atoms with E-state index in [1.807, 2.05) is 20.9 Å². The molecule has 0 spiro atoms. The Labute approximate surface area is 405 Å². The Bertz CT molecular complexity index is 1760. The van der Waals surface area contributed by atoms with Crippen LogP contribution in [0.5, 0.6) is 0 Å². The van der Waals surface area contributed by atoms with E-state index in [0.29, 0.717) is 6.42 Å². The van der Waals surface area contributed by atoms with Crippen molar-refractivity contribution in [2.24, 2.45) is 16.6 Å². The molecule has 2 heterocycles. The number of nitrogens with two attached hydrogens (primary N) is 1. The Hall–Kier alpha value is -5.67. The summed E-state index contributed by atoms with van der Waals surface area (Å²) in [5.74, 6) is -5.99. The predicted octanol–water partition coefficient (Wildman–Crippen LogP) is 0.457. The number of carbonyl (C=O) groups is 9. The van der Waals surface area contributed by atoms with Crippen LogP contribution in [0.1, 0.15) is 124 Å². The Morgan fingerprint density at radius 3 is 2.13 bits per heavy atom. The van der Waals surface area contributed by atoms with E-state index < -0.39 is 103 Å². The van der Waals surface area contributed by atoms with Crippen molar-refractivity contribution >= 4 is 70.9 Å². The molecule has 2 bridgehead atoms. The van der Waals surface area contributed by atoms with Crippen molar-refractivity contribution < 1.29 is 43.2 Å². The summed E-state index contributed by atoms with van der Waals surface area (Å²) in [4.78, 5) is 125. The molecule has 5 atom stereocenters. The molecule has 21 nitrogen and oxygen atoms in total. The summed E-state index contributed by atoms with van der Waals surface area (Å²) in [5.41, 5.74) is 5.33. The van der Waals surface area contributed by atoms with Crippen LogP contribution < -0.4 is 53.6 Å². The molecule has 1 saturated heterocycles. The summed E-state index contributed by atoms with van der Waals surface area (Å²) in [6.45, 7) is 4.41. The number of fused-ring (bicyclic) bond motifs is 2. The highest BCUT2D eigenvalue weighted by molar-refractivity contribution is 8.02. The molecule has 68 heavy (non-hydrogen) atoms. The van der Waals surface area contributed by atoms with Crippen molar-refractivity contribution in [2.45, 2.75) is 154 Å². The minimum Gasteiger partial charge on any atom is -0.370 e. The van der Waals surface area contributed by atoms with Gasteiger partial charge in [0, 0.05) is 39.8 Å². The molecule has 11 N–H and O–H groups in total. The zero-order valence-corrected chi connectivity index (χ0v) is 41.5. The Balaban J connectivity index is 2.08. The first kappa shape index (κ1) is 58.5. The van der Waals surface area contributed by atoms with Crippen molar-refractivity contribution in [2.75, 3.05) is 46.0 Å². The zero-order valence-electron chi connectivity index (χ0n) is 40.7. The quantitative estimate of drug-likeness (QED) is 0.0273. The van der Waals surface area contributed by atoms with Crippen LogP contribution >= 0.6 is 11.8 Å². The van der Waals surface area contributed by atoms with Gasteiger partial charge in [0.2, 0.25) is 53.2 Å². The third-order valence-electron chi connectivity index (χ3n) is 11.2. The molecule has 2 aliphatic heterocycles. The first-order valence-electron chi connectivity index (χ1n) is 24.0. The van der Waals surface area contributed by atoms with Gasteiger partial charge in [0.1, 0.15) is 30.2 Å². The SMILES string of the molecule is CN=C(NC)NCCCCCCCCCCCCCC/C=C/C(=O)NC(C)C(=O)NC1CNC(=O)C(CCC(N)=O)NC(=O)CS/C=C\NC(=O)C2CN(C1=O)C(CC(C)C)C(=O)NCC(=O)N2. The van der Waals surface area contributed by atoms with Crippen LogP contribution in [-0.4, -0.2) is 140 Å². The summed E-state index contributed by atoms with van der Waals surface area (Å²) in [7, 11) is 3.62. The number of rotatable bonds is 24. The standard InChI is InChI=1S/C46H78N12O9S/c1-31(2)26-36-44(66)53-28-39(61)56-35-29-58(36)45(67)34(27-52-42(64)33(21-22-37(47)59)55-40(62)30-68-25-24-50-43(35)65)57-41(63)32(3)54-38(60)20-18-16-14-12-10-8-6-7-9-11-13-15-17-19-23-51-46(48-4)49-5/h18,20,24-25,31-36H,6-17,19,21-23,26-30H2,1-5H3,(H2,47,59)(H,50,65)(H,52,64)(H,53,66)(H,54,60)(H,55,62)(H,56,61)(H,57,63)(H2,48,49,51)/b20-18+,25-24-. The van der Waals surface area contributed by atoms with Crippen LogP contribution in [0.2, 0.25) is 0 Å². The third kappa shape index (κ3) is 24.4. The number of hydrogen-bond acceptors (Lipinski definition) is 11. The van der Waals surface area contributed by atoms with E-state index in [1.54, 1.807) is 13.1 Å². The van der Waals surface area contributed by atoms with Gasteiger partial charge in [-0.1, -0.05) is 84.1 Å². The molecule has 0 aromatic carbocycles. The fourth-order valence-corrected chi connectivity index (χ4v) is 7.97. The number of guanidine groups is 1. The highest BCUT2D eigenvalue weighted by Gasteiger charge is 2.40. The van der Waals surface area contributed by atoms with E-state index >= 15 is 0 Å². The maximum Gasteiger partial charge on any atom is 0.248 e. The Morgan fingerprint density at radius 2 is 1.51 bits per heavy atom. The van der Waals surface area contributed by atoms with Crippen LogP contribution in [-0.2, 0) is 43.2 Å². The monoisotopic (exact) mass is 975 g/mol. The molecular formula is C46H78N12O9S. The van der Waals surface area contributed by atoms with Gasteiger partial charge in [-0.25, -0.2) is 0 Å². The lowest BCUT2D eigenvalue weighted by molar-refractivity contribution is -0.145. The third-order valence-corrected chi connectivity index (χ3v) is 12.0. The molecule has 0 aliphatic carbocycles. The molecule has 9 amide bonds. The normalized spacial score (nSPS) is 21.1. The lowest BCUT2D eigenvalue weighted by Crippen LogP contribution is -2.63. The van der Waals surface area contributed by atoms with E-state index in [1.165, 1.54) is 76.0 Å². The average Bonchev–Trinajstić information content (AvgIpc) is 3.35. The van der Waals surface area contributed by atoms with E-state index in [4.69, 9.17) is 5.73 Å². The molecule has 2 rings (SSSR count). The van der Waals surface area contributed by atoms with Crippen molar-refractivity contribution in [3.8, 4) is 0 Å². The molecule has 22 heteroatoms. The molecule has 0 aromatic heterocycles. The molecule has 382 valence electrons. The average molecular weight is 975 g/mol. The number of allylic oxidation sites excluding steroid dienone is 1. The number of thioether (sulfide) groups is 1. The van der Waals surface area contributed by atoms with E-state index in [2.05, 4.69) is 52.8 Å². The van der Waals surface area contributed by atoms with Crippen LogP contribution in [0.3, 0.4) is 0 Å². The van der Waals surface area contributed by atoms with Gasteiger partial charge in [0.25, 0.3) is 0 Å². The van der Waals surface area contributed by atoms with Crippen LogP contribution in [0.4, 0.5) is 0 Å². The van der Waals surface area contributed by atoms with Gasteiger partial charge in [0.15, 0.2) is 5.96 Å². The summed E-state index contributed by atoms with van der Waals surface area (Å²) in [6, 6.07) is -6.64. The van der Waals surface area contributed by atoms with Gasteiger partial charge in [0.05, 0.1) is 18.8 Å². The minimum atomic E-state index is -1.60. The highest BCUT2D eigenvalue weighted by Crippen LogP contribution is 2.17. The lowest BCUT2D eigenvalue weighted by Gasteiger charge is -2.36. The molecular weight excluding hydrogens is 897 g/mol. The van der Waals surface area contributed by atoms with E-state index in [0.717, 1.165) is 54.8 Å². The summed E-state index contributed by atoms with van der Waals surface area (Å²) in [6.07, 6.45) is 18.7. The van der Waals surface area contributed by atoms with Crippen molar-refractivity contribution in [3.05, 3.63) is 23.8 Å². The van der Waals surface area contributed by atoms with Gasteiger partial charge in [-0.3, -0.25) is 48.1 Å². The largest absolute Gasteiger partial charge is 0.370 e. The number of nitrogens with zero attached hydrogens (tertiary/aromatic N) is 2. The number of unbranched alkanes of at least 4 members (excludes halogenated alkanes) is 12. The maximum atomic E-state index is 14.7. The fraction of sp³-hybridized carbons (Fsp3) is 0.696. The van der Waals surface area contributed by atoms with E-state index in [-0.39, 0.29) is 30.9 Å². The molecule has 1 fully saturated rings. The first-order valence-corrected chi connectivity index (χ1v) is 25.1. The smallest absolute Gasteiger partial charge is 0.248 e. The summed E-state index contributed by atoms with van der Waals surface area (Å²) >= 11 is 0.979. The second-order valence-electron chi connectivity index (χ2n) is 17.4. The van der Waals surface area contributed by atoms with Gasteiger partial charge >= 0.3 is 0 Å². The Kier molecular flexibility index (Phi) is 29.0. The molecule has 0 radical (unpaired) electrons. The summed E-state index contributed by atoms with van der Waals surface area (Å²) in [5, 5.41) is 25.6. The minimum absolute atomic E-state index is 0.0952. The lowest BCUT2D eigenvalue weighted by atomic mass is 9.99. The second kappa shape index (κ2) is 33.7. The Morgan fingerprint density at radius 1 is 0.868 bits per heavy atom. The summed E-state index contributed by atoms with van der Waals surface area (Å²) < 4.78 is 0. The molecule has 0 aromatic rings. The van der Waals surface area contributed by atoms with Crippen molar-refractivity contribution in [3.63, 3.8) is 0 Å². The number of hydrogen-bond donors (Lipinski definition) is 10. The van der Waals surface area contributed by atoms with E-state index in [9.17, 15) is 43.2 Å². The predicted molar refractivity (Wildman–Crippen MR) is 262 cm³/mol. The number of amides is 9. The molecule has 0 saturated carbocycles. The van der Waals surface area contributed by atoms with Gasteiger partial charge in [-0.05, 0) is 56.4 Å². The maximum absolute atomic E-state index is 14.7. The first-order chi connectivity index (χ1) is 32.6. The zero-order chi connectivity index (χ0) is 50.3. The van der Waals surface area contributed by atoms with Crippen LogP contribution in [0.15, 0.2) is 28.8 Å². The number of nitrogens with one attached hydrogen (secondary N) is 9. The van der Waals surface area contributed by atoms with Crippen LogP contribution in [0.25, 0.3) is 0 Å². The highest BCUT2D eigenvalue weighted by atomic mass is 32.2. The molecule has 5 unspecified atom stereocenters. The van der Waals surface area contributed by atoms with Crippen molar-refractivity contribution in [1.82, 2.24) is 52.8 Å². The topological polar surface area (TPSA) is 304 Å². The molecule has 2 aliphatic rings. The number of aliphatic imine (C=N–C) groups is 1. The number of primary amides is 1. The number of carbonyl (C=O) groups excluding carboxylic acids is 9. The van der Waals surface area contributed by atoms with Crippen molar-refractivity contribution in [1.29, 1.82) is 0 Å². The van der Waals surface area contributed by atoms with Crippen LogP contribution in [0, 0.1) is 5.92 Å². The van der Waals surface area contributed by atoms with Gasteiger partial charge < -0.3 is 58.5 Å². The fourth-order valence-electron chi connectivity index (χ4n) is 7.48. The van der Waals surface area contributed by atoms with Gasteiger partial charge in [-0.2, -0.15) is 0 Å². The van der Waals surface area contributed by atoms with Gasteiger partial charge in [-0.15, -0.1) is 11.8 Å².